The van der Waals surface area contributed by atoms with Gasteiger partial charge in [-0.05, 0) is 36.8 Å². The molecule has 0 aliphatic carbocycles. The second-order valence-corrected chi connectivity index (χ2v) is 5.47. The van der Waals surface area contributed by atoms with Crippen LogP contribution in [0.5, 0.6) is 0 Å². The Kier molecular flexibility index (Phi) is 4.39. The summed E-state index contributed by atoms with van der Waals surface area (Å²) in [5, 5.41) is 6.86. The van der Waals surface area contributed by atoms with Gasteiger partial charge in [-0.1, -0.05) is 17.7 Å². The number of nitrogens with zero attached hydrogens (tertiary/aromatic N) is 3. The highest BCUT2D eigenvalue weighted by Gasteiger charge is 2.08. The zero-order chi connectivity index (χ0) is 16.2. The zero-order valence-corrected chi connectivity index (χ0v) is 13.6. The minimum atomic E-state index is 0.525. The average molecular weight is 326 g/mol. The highest BCUT2D eigenvalue weighted by Crippen LogP contribution is 2.27. The van der Waals surface area contributed by atoms with Gasteiger partial charge >= 0.3 is 0 Å². The maximum Gasteiger partial charge on any atom is 0.224 e. The summed E-state index contributed by atoms with van der Waals surface area (Å²) in [6.45, 7) is 2.00. The second-order valence-electron chi connectivity index (χ2n) is 5.06. The van der Waals surface area contributed by atoms with Crippen LogP contribution in [0.2, 0.25) is 5.02 Å². The molecule has 0 radical (unpaired) electrons. The van der Waals surface area contributed by atoms with Gasteiger partial charge in [-0.15, -0.1) is 0 Å². The number of benzene rings is 1. The van der Waals surface area contributed by atoms with Crippen molar-refractivity contribution >= 4 is 29.1 Å². The van der Waals surface area contributed by atoms with Crippen LogP contribution in [0.15, 0.2) is 48.8 Å². The normalized spacial score (nSPS) is 10.4. The van der Waals surface area contributed by atoms with Gasteiger partial charge in [0, 0.05) is 31.1 Å². The van der Waals surface area contributed by atoms with Crippen molar-refractivity contribution in [3.63, 3.8) is 0 Å². The number of pyridine rings is 1. The Labute approximate surface area is 139 Å². The maximum atomic E-state index is 6.28. The number of nitrogens with one attached hydrogen (secondary N) is 2. The Balaban J connectivity index is 1.99. The van der Waals surface area contributed by atoms with Gasteiger partial charge in [-0.2, -0.15) is 4.98 Å². The number of hydrogen-bond donors (Lipinski definition) is 2. The molecule has 0 bridgehead atoms. The topological polar surface area (TPSA) is 62.7 Å². The summed E-state index contributed by atoms with van der Waals surface area (Å²) < 4.78 is 0. The monoisotopic (exact) mass is 325 g/mol. The highest BCUT2D eigenvalue weighted by molar-refractivity contribution is 6.33. The van der Waals surface area contributed by atoms with Crippen molar-refractivity contribution in [2.45, 2.75) is 6.92 Å². The molecule has 0 unspecified atom stereocenters. The van der Waals surface area contributed by atoms with Crippen molar-refractivity contribution in [1.82, 2.24) is 15.0 Å². The van der Waals surface area contributed by atoms with E-state index < -0.39 is 0 Å². The Bertz CT molecular complexity index is 820. The summed E-state index contributed by atoms with van der Waals surface area (Å²) in [6.07, 6.45) is 3.50. The number of anilines is 3. The van der Waals surface area contributed by atoms with Gasteiger partial charge in [0.25, 0.3) is 0 Å². The smallest absolute Gasteiger partial charge is 0.224 e. The minimum absolute atomic E-state index is 0.525. The van der Waals surface area contributed by atoms with Gasteiger partial charge in [0.05, 0.1) is 16.4 Å². The molecule has 0 amide bonds. The first-order valence-corrected chi connectivity index (χ1v) is 7.54. The Morgan fingerprint density at radius 3 is 2.65 bits per heavy atom. The predicted molar refractivity (Wildman–Crippen MR) is 94.3 cm³/mol. The third-order valence-corrected chi connectivity index (χ3v) is 3.61. The third-order valence-electron chi connectivity index (χ3n) is 3.29. The summed E-state index contributed by atoms with van der Waals surface area (Å²) in [5.41, 5.74) is 3.61. The molecule has 3 rings (SSSR count). The summed E-state index contributed by atoms with van der Waals surface area (Å²) in [4.78, 5) is 13.0. The largest absolute Gasteiger partial charge is 0.357 e. The predicted octanol–water partition coefficient (Wildman–Crippen LogP) is 4.29. The van der Waals surface area contributed by atoms with Crippen LogP contribution < -0.4 is 10.6 Å². The quantitative estimate of drug-likeness (QED) is 0.749. The average Bonchev–Trinajstić information content (AvgIpc) is 2.58. The number of rotatable bonds is 4. The molecule has 0 saturated heterocycles. The van der Waals surface area contributed by atoms with Crippen LogP contribution in [0.25, 0.3) is 11.3 Å². The maximum absolute atomic E-state index is 6.28. The second kappa shape index (κ2) is 6.62. The molecule has 3 aromatic rings. The lowest BCUT2D eigenvalue weighted by Gasteiger charge is -2.11. The summed E-state index contributed by atoms with van der Waals surface area (Å²) in [7, 11) is 1.78. The number of hydrogen-bond acceptors (Lipinski definition) is 5. The van der Waals surface area contributed by atoms with E-state index >= 15 is 0 Å². The molecule has 0 aliphatic rings. The molecular weight excluding hydrogens is 310 g/mol. The van der Waals surface area contributed by atoms with E-state index in [0.717, 1.165) is 22.5 Å². The summed E-state index contributed by atoms with van der Waals surface area (Å²) >= 11 is 6.28. The lowest BCUT2D eigenvalue weighted by atomic mass is 10.2. The van der Waals surface area contributed by atoms with E-state index in [9.17, 15) is 0 Å². The SMILES string of the molecule is CNc1nc(Nc2ccc(C)cc2Cl)cc(-c2cccnc2)n1. The first kappa shape index (κ1) is 15.2. The number of aryl methyl sites for hydroxylation is 1. The molecule has 116 valence electrons. The minimum Gasteiger partial charge on any atom is -0.357 e. The van der Waals surface area contributed by atoms with Gasteiger partial charge in [0.1, 0.15) is 5.82 Å². The molecule has 0 atom stereocenters. The van der Waals surface area contributed by atoms with Crippen molar-refractivity contribution in [1.29, 1.82) is 0 Å². The van der Waals surface area contributed by atoms with Crippen LogP contribution >= 0.6 is 11.6 Å². The van der Waals surface area contributed by atoms with Crippen LogP contribution in [-0.4, -0.2) is 22.0 Å². The molecular formula is C17H16ClN5. The lowest BCUT2D eigenvalue weighted by Crippen LogP contribution is -2.02. The highest BCUT2D eigenvalue weighted by atomic mass is 35.5. The van der Waals surface area contributed by atoms with E-state index in [-0.39, 0.29) is 0 Å². The first-order chi connectivity index (χ1) is 11.2. The van der Waals surface area contributed by atoms with E-state index in [0.29, 0.717) is 16.8 Å². The Morgan fingerprint density at radius 2 is 1.96 bits per heavy atom. The van der Waals surface area contributed by atoms with Crippen LogP contribution in [0.1, 0.15) is 5.56 Å². The molecule has 0 saturated carbocycles. The third kappa shape index (κ3) is 3.57. The fourth-order valence-corrected chi connectivity index (χ4v) is 2.43. The van der Waals surface area contributed by atoms with Crippen LogP contribution in [0.3, 0.4) is 0 Å². The van der Waals surface area contributed by atoms with Gasteiger partial charge in [0.15, 0.2) is 0 Å². The Hall–Kier alpha value is -2.66. The van der Waals surface area contributed by atoms with E-state index in [1.54, 1.807) is 19.4 Å². The molecule has 1 aromatic carbocycles. The van der Waals surface area contributed by atoms with Crippen molar-refractivity contribution in [3.05, 3.63) is 59.4 Å². The standard InChI is InChI=1S/C17H16ClN5/c1-11-5-6-14(13(18)8-11)21-16-9-15(22-17(19-2)23-16)12-4-3-7-20-10-12/h3-10H,1-2H3,(H2,19,21,22,23). The van der Waals surface area contributed by atoms with Gasteiger partial charge in [-0.3, -0.25) is 4.98 Å². The van der Waals surface area contributed by atoms with Crippen LogP contribution in [0.4, 0.5) is 17.5 Å². The van der Waals surface area contributed by atoms with Crippen molar-refractivity contribution in [2.75, 3.05) is 17.7 Å². The molecule has 5 nitrogen and oxygen atoms in total. The molecule has 0 fully saturated rings. The van der Waals surface area contributed by atoms with Crippen molar-refractivity contribution < 1.29 is 0 Å². The molecule has 2 N–H and O–H groups in total. The van der Waals surface area contributed by atoms with Crippen LogP contribution in [-0.2, 0) is 0 Å². The number of halogens is 1. The Morgan fingerprint density at radius 1 is 1.09 bits per heavy atom. The van der Waals surface area contributed by atoms with E-state index in [1.807, 2.05) is 43.3 Å². The molecule has 0 spiro atoms. The van der Waals surface area contributed by atoms with E-state index in [2.05, 4.69) is 25.6 Å². The van der Waals surface area contributed by atoms with Gasteiger partial charge in [-0.25, -0.2) is 4.98 Å². The van der Waals surface area contributed by atoms with E-state index in [4.69, 9.17) is 11.6 Å². The molecule has 2 heterocycles. The van der Waals surface area contributed by atoms with Crippen molar-refractivity contribution in [3.8, 4) is 11.3 Å². The molecule has 6 heteroatoms. The summed E-state index contributed by atoms with van der Waals surface area (Å²) in [6, 6.07) is 11.5. The molecule has 23 heavy (non-hydrogen) atoms. The zero-order valence-electron chi connectivity index (χ0n) is 12.8. The van der Waals surface area contributed by atoms with Crippen molar-refractivity contribution in [2.24, 2.45) is 0 Å². The first-order valence-electron chi connectivity index (χ1n) is 7.16. The molecule has 0 aliphatic heterocycles. The van der Waals surface area contributed by atoms with Gasteiger partial charge < -0.3 is 10.6 Å². The van der Waals surface area contributed by atoms with Gasteiger partial charge in [0.2, 0.25) is 5.95 Å². The molecule has 2 aromatic heterocycles. The van der Waals surface area contributed by atoms with Crippen LogP contribution in [0, 0.1) is 6.92 Å². The fraction of sp³-hybridized carbons (Fsp3) is 0.118. The number of aromatic nitrogens is 3. The van der Waals surface area contributed by atoms with E-state index in [1.165, 1.54) is 0 Å². The summed E-state index contributed by atoms with van der Waals surface area (Å²) in [5.74, 6) is 1.19. The fourth-order valence-electron chi connectivity index (χ4n) is 2.14. The lowest BCUT2D eigenvalue weighted by molar-refractivity contribution is 1.15.